The number of benzene rings is 2. The van der Waals surface area contributed by atoms with Crippen molar-refractivity contribution in [3.05, 3.63) is 55.6 Å². The zero-order chi connectivity index (χ0) is 19.8. The van der Waals surface area contributed by atoms with Gasteiger partial charge >= 0.3 is 12.2 Å². The highest BCUT2D eigenvalue weighted by molar-refractivity contribution is 5.95. The maximum atomic E-state index is 11.7. The van der Waals surface area contributed by atoms with Crippen LogP contribution in [0.1, 0.15) is 0 Å². The lowest BCUT2D eigenvalue weighted by atomic mass is 10.1. The van der Waals surface area contributed by atoms with Gasteiger partial charge < -0.3 is 14.4 Å². The molecule has 0 aliphatic heterocycles. The van der Waals surface area contributed by atoms with Crippen molar-refractivity contribution in [3.63, 3.8) is 0 Å². The number of rotatable bonds is 7. The molecule has 2 rings (SSSR count). The first-order chi connectivity index (χ1) is 13.0. The average Bonchev–Trinajstić information content (AvgIpc) is 2.68. The third-order valence-electron chi connectivity index (χ3n) is 3.62. The molecule has 9 nitrogen and oxygen atoms in total. The lowest BCUT2D eigenvalue weighted by Gasteiger charge is -2.22. The summed E-state index contributed by atoms with van der Waals surface area (Å²) in [5.41, 5.74) is 4.55. The molecule has 0 fully saturated rings. The molecule has 0 spiro atoms. The van der Waals surface area contributed by atoms with Crippen LogP contribution >= 0.6 is 0 Å². The number of amides is 2. The summed E-state index contributed by atoms with van der Waals surface area (Å²) in [5.74, 6) is 10.2. The van der Waals surface area contributed by atoms with Crippen LogP contribution in [0.3, 0.4) is 0 Å². The van der Waals surface area contributed by atoms with Gasteiger partial charge in [-0.15, -0.1) is 13.2 Å². The molecular weight excluding hydrogens is 350 g/mol. The molecule has 2 aromatic carbocycles. The van der Waals surface area contributed by atoms with Gasteiger partial charge in [0.1, 0.15) is 0 Å². The van der Waals surface area contributed by atoms with E-state index in [-0.39, 0.29) is 11.5 Å². The lowest BCUT2D eigenvalue weighted by molar-refractivity contribution is 0.190. The number of hydrogen-bond donors (Lipinski definition) is 4. The number of nitrogens with one attached hydrogen (secondary N) is 2. The molecule has 0 aromatic heterocycles. The van der Waals surface area contributed by atoms with Crippen molar-refractivity contribution >= 4 is 28.6 Å². The number of hydrazine groups is 2. The molecule has 0 radical (unpaired) electrons. The minimum atomic E-state index is -0.917. The predicted octanol–water partition coefficient (Wildman–Crippen LogP) is 1.94. The van der Waals surface area contributed by atoms with Crippen LogP contribution < -0.4 is 36.9 Å². The maximum Gasteiger partial charge on any atom is 0.427 e. The molecule has 0 aliphatic rings. The summed E-state index contributed by atoms with van der Waals surface area (Å²) in [4.78, 5) is 25.2. The second-order valence-corrected chi connectivity index (χ2v) is 5.35. The first-order valence-corrected chi connectivity index (χ1v) is 7.94. The Kier molecular flexibility index (Phi) is 6.75. The van der Waals surface area contributed by atoms with Crippen molar-refractivity contribution in [2.24, 2.45) is 11.7 Å². The highest BCUT2D eigenvalue weighted by Crippen LogP contribution is 2.38. The van der Waals surface area contributed by atoms with Crippen molar-refractivity contribution in [2.75, 3.05) is 18.0 Å². The Bertz CT molecular complexity index is 858. The van der Waals surface area contributed by atoms with Gasteiger partial charge in [-0.2, -0.15) is 0 Å². The minimum absolute atomic E-state index is 0.00481. The molecule has 0 heterocycles. The molecule has 0 saturated heterocycles. The SMILES string of the molecule is C=CCN(CC=C)c1ccc2ccc(OC(=O)NN)c(OC(=O)NN)c2c1. The Hall–Kier alpha value is -3.56. The van der Waals surface area contributed by atoms with Gasteiger partial charge in [-0.3, -0.25) is 10.9 Å². The van der Waals surface area contributed by atoms with E-state index in [0.29, 0.717) is 18.5 Å². The molecule has 0 atom stereocenters. The molecule has 0 unspecified atom stereocenters. The summed E-state index contributed by atoms with van der Waals surface area (Å²) >= 11 is 0. The van der Waals surface area contributed by atoms with E-state index in [9.17, 15) is 9.59 Å². The van der Waals surface area contributed by atoms with Crippen LogP contribution in [0.4, 0.5) is 15.3 Å². The number of carbonyl (C=O) groups excluding carboxylic acids is 2. The summed E-state index contributed by atoms with van der Waals surface area (Å²) in [5, 5.41) is 1.30. The Balaban J connectivity index is 2.61. The smallest absolute Gasteiger partial charge is 0.405 e. The van der Waals surface area contributed by atoms with Gasteiger partial charge in [-0.1, -0.05) is 24.3 Å². The van der Waals surface area contributed by atoms with Gasteiger partial charge in [0.05, 0.1) is 0 Å². The van der Waals surface area contributed by atoms with E-state index >= 15 is 0 Å². The second-order valence-electron chi connectivity index (χ2n) is 5.35. The van der Waals surface area contributed by atoms with E-state index in [1.165, 1.54) is 6.07 Å². The third-order valence-corrected chi connectivity index (χ3v) is 3.62. The predicted molar refractivity (Wildman–Crippen MR) is 103 cm³/mol. The quantitative estimate of drug-likeness (QED) is 0.253. The fourth-order valence-electron chi connectivity index (χ4n) is 2.49. The Morgan fingerprint density at radius 1 is 1.00 bits per heavy atom. The average molecular weight is 371 g/mol. The fraction of sp³-hybridized carbons (Fsp3) is 0.111. The van der Waals surface area contributed by atoms with Crippen molar-refractivity contribution < 1.29 is 19.1 Å². The number of nitrogens with zero attached hydrogens (tertiary/aromatic N) is 1. The van der Waals surface area contributed by atoms with Crippen LogP contribution in [-0.2, 0) is 0 Å². The number of carbonyl (C=O) groups is 2. The second kappa shape index (κ2) is 9.22. The summed E-state index contributed by atoms with van der Waals surface area (Å²) in [6.45, 7) is 8.67. The molecule has 9 heteroatoms. The Morgan fingerprint density at radius 2 is 1.59 bits per heavy atom. The summed E-state index contributed by atoms with van der Waals surface area (Å²) in [7, 11) is 0. The summed E-state index contributed by atoms with van der Waals surface area (Å²) in [6.07, 6.45) is 1.69. The van der Waals surface area contributed by atoms with E-state index in [2.05, 4.69) is 13.2 Å². The van der Waals surface area contributed by atoms with Gasteiger partial charge in [0.25, 0.3) is 0 Å². The largest absolute Gasteiger partial charge is 0.427 e. The summed E-state index contributed by atoms with van der Waals surface area (Å²) < 4.78 is 10.3. The van der Waals surface area contributed by atoms with E-state index in [1.807, 2.05) is 27.9 Å². The molecule has 2 aromatic rings. The first kappa shape index (κ1) is 19.8. The Labute approximate surface area is 156 Å². The molecule has 2 amide bonds. The highest BCUT2D eigenvalue weighted by Gasteiger charge is 2.18. The van der Waals surface area contributed by atoms with Crippen molar-refractivity contribution in [1.82, 2.24) is 10.9 Å². The van der Waals surface area contributed by atoms with Gasteiger partial charge in [0, 0.05) is 24.2 Å². The van der Waals surface area contributed by atoms with Crippen LogP contribution in [-0.4, -0.2) is 25.3 Å². The number of ether oxygens (including phenoxy) is 2. The van der Waals surface area contributed by atoms with E-state index in [4.69, 9.17) is 21.2 Å². The Morgan fingerprint density at radius 3 is 2.19 bits per heavy atom. The van der Waals surface area contributed by atoms with Crippen LogP contribution in [0.15, 0.2) is 55.6 Å². The van der Waals surface area contributed by atoms with E-state index in [1.54, 1.807) is 24.3 Å². The molecule has 142 valence electrons. The van der Waals surface area contributed by atoms with Gasteiger partial charge in [0.15, 0.2) is 11.5 Å². The zero-order valence-corrected chi connectivity index (χ0v) is 14.6. The summed E-state index contributed by atoms with van der Waals surface area (Å²) in [6, 6.07) is 8.77. The zero-order valence-electron chi connectivity index (χ0n) is 14.6. The standard InChI is InChI=1S/C18H21N5O4/c1-3-9-23(10-4-2)13-7-5-12-6-8-15(26-17(24)21-19)16(14(12)11-13)27-18(25)22-20/h3-8,11H,1-2,9-10,19-20H2,(H,21,24)(H,22,25). The molecule has 27 heavy (non-hydrogen) atoms. The van der Waals surface area contributed by atoms with Crippen molar-refractivity contribution in [2.45, 2.75) is 0 Å². The normalized spacial score (nSPS) is 10.0. The number of anilines is 1. The number of nitrogens with two attached hydrogens (primary N) is 2. The molecular formula is C18H21N5O4. The molecule has 0 aliphatic carbocycles. The van der Waals surface area contributed by atoms with E-state index in [0.717, 1.165) is 11.1 Å². The van der Waals surface area contributed by atoms with E-state index < -0.39 is 12.2 Å². The number of hydrogen-bond acceptors (Lipinski definition) is 7. The third kappa shape index (κ3) is 4.75. The first-order valence-electron chi connectivity index (χ1n) is 7.94. The molecule has 0 bridgehead atoms. The topological polar surface area (TPSA) is 132 Å². The lowest BCUT2D eigenvalue weighted by Crippen LogP contribution is -2.34. The van der Waals surface area contributed by atoms with Crippen LogP contribution in [0.5, 0.6) is 11.5 Å². The van der Waals surface area contributed by atoms with Gasteiger partial charge in [-0.05, 0) is 23.6 Å². The molecule has 6 N–H and O–H groups in total. The molecule has 0 saturated carbocycles. The number of fused-ring (bicyclic) bond motifs is 1. The highest BCUT2D eigenvalue weighted by atomic mass is 16.6. The van der Waals surface area contributed by atoms with Crippen molar-refractivity contribution in [3.8, 4) is 11.5 Å². The fourth-order valence-corrected chi connectivity index (χ4v) is 2.49. The van der Waals surface area contributed by atoms with Crippen LogP contribution in [0.25, 0.3) is 10.8 Å². The van der Waals surface area contributed by atoms with Gasteiger partial charge in [-0.25, -0.2) is 21.3 Å². The van der Waals surface area contributed by atoms with Gasteiger partial charge in [0.2, 0.25) is 0 Å². The van der Waals surface area contributed by atoms with Crippen LogP contribution in [0.2, 0.25) is 0 Å². The maximum absolute atomic E-state index is 11.7. The van der Waals surface area contributed by atoms with Crippen molar-refractivity contribution in [1.29, 1.82) is 0 Å². The van der Waals surface area contributed by atoms with Crippen LogP contribution in [0, 0.1) is 0 Å². The minimum Gasteiger partial charge on any atom is -0.405 e. The monoisotopic (exact) mass is 371 g/mol.